The summed E-state index contributed by atoms with van der Waals surface area (Å²) in [6.07, 6.45) is 3.62. The monoisotopic (exact) mass is 851 g/mol. The molecule has 3 aromatic heterocycles. The van der Waals surface area contributed by atoms with Gasteiger partial charge in [-0.15, -0.1) is 11.3 Å². The van der Waals surface area contributed by atoms with Crippen LogP contribution in [0, 0.1) is 25.1 Å². The topological polar surface area (TPSA) is 236 Å². The molecule has 0 aliphatic carbocycles. The molecule has 1 aliphatic heterocycles. The Balaban J connectivity index is 0.975. The lowest BCUT2D eigenvalue weighted by Crippen LogP contribution is -2.57. The molecule has 1 fully saturated rings. The molecule has 8 N–H and O–H groups in total. The molecule has 320 valence electrons. The third kappa shape index (κ3) is 10.2. The van der Waals surface area contributed by atoms with Crippen LogP contribution >= 0.6 is 11.3 Å². The number of pyridine rings is 2. The first kappa shape index (κ1) is 44.2. The fourth-order valence-electron chi connectivity index (χ4n) is 7.30. The number of rotatable bonds is 14. The Bertz CT molecular complexity index is 2490. The van der Waals surface area contributed by atoms with E-state index in [1.807, 2.05) is 19.1 Å². The van der Waals surface area contributed by atoms with Gasteiger partial charge in [-0.2, -0.15) is 0 Å². The summed E-state index contributed by atoms with van der Waals surface area (Å²) in [4.78, 5) is 81.2. The van der Waals surface area contributed by atoms with Crippen LogP contribution < -0.4 is 27.4 Å². The van der Waals surface area contributed by atoms with Gasteiger partial charge in [-0.1, -0.05) is 45.0 Å². The number of likely N-dealkylation sites (tertiary alicyclic amines) is 1. The number of carbonyl (C=O) groups excluding carboxylic acids is 5. The van der Waals surface area contributed by atoms with E-state index in [0.717, 1.165) is 16.1 Å². The van der Waals surface area contributed by atoms with Crippen molar-refractivity contribution in [1.29, 1.82) is 0 Å². The Hall–Kier alpha value is -6.33. The zero-order chi connectivity index (χ0) is 44.2. The standard InChI is InChI=1S/C44H50FN9O6S/c1-23-30(18-48-20-32(23)46)29-15-27-16-34(50-19-31(27)39(47)38(29)45)52-36(57)8-6-7-35(56)49-14-13-37(58)53-42(44(3,4)5)43(60)54-21-28(55)17-33(54)40(59)25-9-11-26(12-10-25)41-24(2)51-22-61-41/h9-12,15-16,18-20,22,28,33,42,55H,6-8,13-14,17,21,46-47H2,1-5H3,(H,49,56)(H,53,58)(H,50,52,57)/t28-,33+,42-/m1/s1. The zero-order valence-corrected chi connectivity index (χ0v) is 35.5. The van der Waals surface area contributed by atoms with Crippen molar-refractivity contribution in [3.63, 3.8) is 0 Å². The van der Waals surface area contributed by atoms with Crippen LogP contribution in [0.4, 0.5) is 21.6 Å². The second kappa shape index (κ2) is 18.5. The maximum absolute atomic E-state index is 15.3. The van der Waals surface area contributed by atoms with E-state index < -0.39 is 47.1 Å². The van der Waals surface area contributed by atoms with Crippen molar-refractivity contribution in [2.75, 3.05) is 29.9 Å². The highest BCUT2D eigenvalue weighted by Crippen LogP contribution is 2.36. The third-order valence-corrected chi connectivity index (χ3v) is 11.7. The van der Waals surface area contributed by atoms with Gasteiger partial charge in [-0.3, -0.25) is 29.0 Å². The van der Waals surface area contributed by atoms with Crippen LogP contribution in [0.3, 0.4) is 0 Å². The van der Waals surface area contributed by atoms with Crippen molar-refractivity contribution in [3.8, 4) is 21.6 Å². The number of nitrogens with one attached hydrogen (secondary N) is 3. The molecule has 0 spiro atoms. The SMILES string of the molecule is Cc1ncsc1-c1ccc(C(=O)[C@@H]2C[C@@H](O)CN2C(=O)[C@@H](NC(=O)CCNC(=O)CCCC(=O)Nc2cc3cc(-c4cncc(N)c4C)c(F)c(N)c3cn2)C(C)(C)C)cc1. The predicted molar refractivity (Wildman–Crippen MR) is 233 cm³/mol. The van der Waals surface area contributed by atoms with Gasteiger partial charge in [0, 0.05) is 73.2 Å². The molecule has 3 atom stereocenters. The van der Waals surface area contributed by atoms with Gasteiger partial charge in [-0.25, -0.2) is 14.4 Å². The van der Waals surface area contributed by atoms with Gasteiger partial charge in [0.1, 0.15) is 11.9 Å². The van der Waals surface area contributed by atoms with Gasteiger partial charge >= 0.3 is 0 Å². The molecule has 1 saturated heterocycles. The van der Waals surface area contributed by atoms with E-state index >= 15 is 4.39 Å². The Morgan fingerprint density at radius 3 is 2.36 bits per heavy atom. The number of halogens is 1. The number of β-amino-alcohol motifs (C(OH)–C–C–N with tert-alkyl or cyclic N) is 1. The summed E-state index contributed by atoms with van der Waals surface area (Å²) >= 11 is 1.50. The van der Waals surface area contributed by atoms with Gasteiger partial charge in [0.2, 0.25) is 23.6 Å². The van der Waals surface area contributed by atoms with Gasteiger partial charge in [0.15, 0.2) is 11.6 Å². The molecule has 2 aromatic carbocycles. The van der Waals surface area contributed by atoms with Gasteiger partial charge in [0.05, 0.1) is 45.8 Å². The van der Waals surface area contributed by atoms with Crippen molar-refractivity contribution in [1.82, 2.24) is 30.5 Å². The number of anilines is 3. The molecule has 4 amide bonds. The second-order valence-corrected chi connectivity index (χ2v) is 17.2. The number of nitrogens with two attached hydrogens (primary N) is 2. The minimum absolute atomic E-state index is 0.000520. The molecule has 0 radical (unpaired) electrons. The van der Waals surface area contributed by atoms with Crippen LogP contribution in [0.2, 0.25) is 0 Å². The molecule has 15 nitrogen and oxygen atoms in total. The Morgan fingerprint density at radius 1 is 0.951 bits per heavy atom. The number of thiazole rings is 1. The number of hydrogen-bond acceptors (Lipinski definition) is 12. The number of ketones is 1. The number of nitrogen functional groups attached to an aromatic ring is 2. The van der Waals surface area contributed by atoms with Crippen molar-refractivity contribution >= 4 is 68.7 Å². The van der Waals surface area contributed by atoms with E-state index in [1.165, 1.54) is 34.8 Å². The van der Waals surface area contributed by atoms with E-state index in [4.69, 9.17) is 11.5 Å². The molecule has 61 heavy (non-hydrogen) atoms. The number of aromatic nitrogens is 3. The molecule has 0 bridgehead atoms. The summed E-state index contributed by atoms with van der Waals surface area (Å²) in [5, 5.41) is 19.7. The van der Waals surface area contributed by atoms with Crippen LogP contribution in [0.25, 0.3) is 32.3 Å². The Morgan fingerprint density at radius 2 is 1.67 bits per heavy atom. The number of hydrogen-bond donors (Lipinski definition) is 6. The highest BCUT2D eigenvalue weighted by atomic mass is 32.1. The summed E-state index contributed by atoms with van der Waals surface area (Å²) in [5.74, 6) is -2.44. The minimum atomic E-state index is -1.02. The minimum Gasteiger partial charge on any atom is -0.397 e. The molecule has 0 unspecified atom stereocenters. The van der Waals surface area contributed by atoms with Crippen LogP contribution in [-0.2, 0) is 19.2 Å². The normalized spacial score (nSPS) is 15.7. The lowest BCUT2D eigenvalue weighted by molar-refractivity contribution is -0.140. The average Bonchev–Trinajstić information content (AvgIpc) is 3.83. The first-order valence-corrected chi connectivity index (χ1v) is 20.8. The summed E-state index contributed by atoms with van der Waals surface area (Å²) in [5.41, 5.74) is 17.0. The number of benzene rings is 2. The summed E-state index contributed by atoms with van der Waals surface area (Å²) in [7, 11) is 0. The molecule has 17 heteroatoms. The molecule has 4 heterocycles. The van der Waals surface area contributed by atoms with Gasteiger partial charge in [0.25, 0.3) is 0 Å². The molecular formula is C44H50FN9O6S. The number of aliphatic hydroxyl groups is 1. The quantitative estimate of drug-likeness (QED) is 0.0617. The van der Waals surface area contributed by atoms with E-state index in [-0.39, 0.29) is 74.0 Å². The van der Waals surface area contributed by atoms with Crippen LogP contribution in [0.15, 0.2) is 60.5 Å². The number of carbonyl (C=O) groups is 5. The lowest BCUT2D eigenvalue weighted by Gasteiger charge is -2.35. The summed E-state index contributed by atoms with van der Waals surface area (Å²) in [6.45, 7) is 8.98. The number of Topliss-reactive ketones (excluding diaryl/α,β-unsaturated/α-hetero) is 1. The van der Waals surface area contributed by atoms with E-state index in [2.05, 4.69) is 30.9 Å². The smallest absolute Gasteiger partial charge is 0.246 e. The van der Waals surface area contributed by atoms with Crippen molar-refractivity contribution < 1.29 is 33.5 Å². The van der Waals surface area contributed by atoms with Gasteiger partial charge < -0.3 is 37.4 Å². The second-order valence-electron chi connectivity index (χ2n) is 16.3. The van der Waals surface area contributed by atoms with Crippen LogP contribution in [0.5, 0.6) is 0 Å². The van der Waals surface area contributed by atoms with Crippen LogP contribution in [-0.4, -0.2) is 85.6 Å². The van der Waals surface area contributed by atoms with Crippen LogP contribution in [0.1, 0.15) is 74.5 Å². The molecular weight excluding hydrogens is 802 g/mol. The number of fused-ring (bicyclic) bond motifs is 1. The molecule has 6 rings (SSSR count). The zero-order valence-electron chi connectivity index (χ0n) is 34.7. The third-order valence-electron chi connectivity index (χ3n) is 10.8. The largest absolute Gasteiger partial charge is 0.397 e. The van der Waals surface area contributed by atoms with Crippen molar-refractivity contribution in [3.05, 3.63) is 83.1 Å². The average molecular weight is 852 g/mol. The summed E-state index contributed by atoms with van der Waals surface area (Å²) < 4.78 is 15.3. The molecule has 1 aliphatic rings. The maximum Gasteiger partial charge on any atom is 0.246 e. The predicted octanol–water partition coefficient (Wildman–Crippen LogP) is 5.33. The fraction of sp³-hybridized carbons (Fsp3) is 0.364. The van der Waals surface area contributed by atoms with Crippen molar-refractivity contribution in [2.45, 2.75) is 84.9 Å². The fourth-order valence-corrected chi connectivity index (χ4v) is 8.12. The number of amides is 4. The van der Waals surface area contributed by atoms with E-state index in [0.29, 0.717) is 33.2 Å². The number of nitrogens with zero attached hydrogens (tertiary/aromatic N) is 4. The van der Waals surface area contributed by atoms with E-state index in [1.54, 1.807) is 57.5 Å². The van der Waals surface area contributed by atoms with Gasteiger partial charge in [-0.05, 0) is 54.3 Å². The number of aryl methyl sites for hydroxylation is 1. The number of aliphatic hydroxyl groups excluding tert-OH is 1. The van der Waals surface area contributed by atoms with Crippen molar-refractivity contribution in [2.24, 2.45) is 5.41 Å². The highest BCUT2D eigenvalue weighted by Gasteiger charge is 2.44. The molecule has 5 aromatic rings. The molecule has 0 saturated carbocycles. The van der Waals surface area contributed by atoms with E-state index in [9.17, 15) is 29.1 Å². The maximum atomic E-state index is 15.3. The Labute approximate surface area is 356 Å². The lowest BCUT2D eigenvalue weighted by atomic mass is 9.85. The first-order valence-electron chi connectivity index (χ1n) is 19.9. The summed E-state index contributed by atoms with van der Waals surface area (Å²) in [6, 6.07) is 8.34. The highest BCUT2D eigenvalue weighted by molar-refractivity contribution is 7.13. The first-order chi connectivity index (χ1) is 28.9. The Kier molecular flexibility index (Phi) is 13.4.